The Morgan fingerprint density at radius 2 is 1.74 bits per heavy atom. The summed E-state index contributed by atoms with van der Waals surface area (Å²) in [6, 6.07) is 8.30. The predicted molar refractivity (Wildman–Crippen MR) is 95.5 cm³/mol. The molecule has 27 heavy (non-hydrogen) atoms. The zero-order valence-corrected chi connectivity index (χ0v) is 15.8. The maximum absolute atomic E-state index is 12.0. The third-order valence-electron chi connectivity index (χ3n) is 3.63. The molecular formula is C17H19N3O6S. The molecule has 0 aliphatic heterocycles. The Balaban J connectivity index is 1.93. The summed E-state index contributed by atoms with van der Waals surface area (Å²) in [6.07, 6.45) is 1.65. The fourth-order valence-electron chi connectivity index (χ4n) is 2.11. The molecule has 10 heteroatoms. The average molecular weight is 393 g/mol. The highest BCUT2D eigenvalue weighted by Crippen LogP contribution is 2.14. The molecule has 1 aromatic carbocycles. The number of nitrogens with one attached hydrogen (secondary N) is 1. The minimum Gasteiger partial charge on any atom is -0.452 e. The van der Waals surface area contributed by atoms with Crippen molar-refractivity contribution in [3.8, 4) is 0 Å². The van der Waals surface area contributed by atoms with Crippen molar-refractivity contribution in [3.63, 3.8) is 0 Å². The van der Waals surface area contributed by atoms with Crippen LogP contribution in [0.5, 0.6) is 0 Å². The molecule has 0 atom stereocenters. The van der Waals surface area contributed by atoms with Crippen LogP contribution in [0.2, 0.25) is 0 Å². The van der Waals surface area contributed by atoms with Gasteiger partial charge in [0.1, 0.15) is 5.69 Å². The highest BCUT2D eigenvalue weighted by Gasteiger charge is 2.19. The predicted octanol–water partition coefficient (Wildman–Crippen LogP) is 0.389. The first-order valence-electron chi connectivity index (χ1n) is 7.78. The molecule has 0 radical (unpaired) electrons. The largest absolute Gasteiger partial charge is 0.452 e. The second-order valence-corrected chi connectivity index (χ2v) is 7.92. The number of imide groups is 1. The summed E-state index contributed by atoms with van der Waals surface area (Å²) in [5, 5.41) is 2.11. The number of sulfonamides is 1. The van der Waals surface area contributed by atoms with Crippen molar-refractivity contribution in [2.75, 3.05) is 20.7 Å². The second-order valence-electron chi connectivity index (χ2n) is 5.77. The van der Waals surface area contributed by atoms with E-state index in [0.29, 0.717) is 0 Å². The van der Waals surface area contributed by atoms with Crippen LogP contribution in [0, 0.1) is 0 Å². The third kappa shape index (κ3) is 4.80. The summed E-state index contributed by atoms with van der Waals surface area (Å²) in [6.45, 7) is -0.646. The number of nitrogens with zero attached hydrogens (tertiary/aromatic N) is 2. The summed E-state index contributed by atoms with van der Waals surface area (Å²) in [5.41, 5.74) is 0.363. The van der Waals surface area contributed by atoms with Gasteiger partial charge in [-0.15, -0.1) is 0 Å². The fraction of sp³-hybridized carbons (Fsp3) is 0.235. The average Bonchev–Trinajstić information content (AvgIpc) is 3.05. The van der Waals surface area contributed by atoms with E-state index < -0.39 is 34.4 Å². The molecule has 0 bridgehead atoms. The molecule has 0 saturated carbocycles. The van der Waals surface area contributed by atoms with Gasteiger partial charge in [-0.05, 0) is 36.4 Å². The van der Waals surface area contributed by atoms with Crippen LogP contribution in [-0.2, 0) is 26.6 Å². The van der Waals surface area contributed by atoms with Gasteiger partial charge < -0.3 is 9.30 Å². The zero-order chi connectivity index (χ0) is 20.2. The van der Waals surface area contributed by atoms with Gasteiger partial charge in [-0.3, -0.25) is 14.9 Å². The van der Waals surface area contributed by atoms with Gasteiger partial charge in [0.2, 0.25) is 10.0 Å². The van der Waals surface area contributed by atoms with Crippen molar-refractivity contribution >= 4 is 27.8 Å². The molecule has 0 saturated heterocycles. The number of carbonyl (C=O) groups is 3. The van der Waals surface area contributed by atoms with Gasteiger partial charge in [-0.1, -0.05) is 0 Å². The molecule has 0 aliphatic rings. The number of carbonyl (C=O) groups excluding carboxylic acids is 3. The van der Waals surface area contributed by atoms with E-state index in [2.05, 4.69) is 5.32 Å². The van der Waals surface area contributed by atoms with Gasteiger partial charge in [0.25, 0.3) is 11.8 Å². The summed E-state index contributed by atoms with van der Waals surface area (Å²) in [4.78, 5) is 35.6. The van der Waals surface area contributed by atoms with E-state index in [0.717, 1.165) is 4.31 Å². The van der Waals surface area contributed by atoms with Crippen molar-refractivity contribution in [2.45, 2.75) is 4.90 Å². The van der Waals surface area contributed by atoms with Crippen LogP contribution in [0.25, 0.3) is 0 Å². The van der Waals surface area contributed by atoms with Crippen molar-refractivity contribution in [2.24, 2.45) is 7.05 Å². The van der Waals surface area contributed by atoms with E-state index in [4.69, 9.17) is 4.74 Å². The first-order valence-corrected chi connectivity index (χ1v) is 9.22. The summed E-state index contributed by atoms with van der Waals surface area (Å²) in [5.74, 6) is -2.20. The van der Waals surface area contributed by atoms with E-state index in [1.54, 1.807) is 19.3 Å². The second kappa shape index (κ2) is 8.14. The highest BCUT2D eigenvalue weighted by molar-refractivity contribution is 7.89. The lowest BCUT2D eigenvalue weighted by atomic mass is 10.2. The number of aryl methyl sites for hydroxylation is 1. The van der Waals surface area contributed by atoms with Crippen LogP contribution < -0.4 is 5.32 Å². The van der Waals surface area contributed by atoms with Crippen LogP contribution in [0.4, 0.5) is 0 Å². The molecule has 2 amide bonds. The smallest absolute Gasteiger partial charge is 0.338 e. The molecule has 0 unspecified atom stereocenters. The standard InChI is InChI=1S/C17H19N3O6S/c1-19(2)27(24,25)13-8-6-12(7-9-13)17(23)26-11-15(21)18-16(22)14-5-4-10-20(14)3/h4-10H,11H2,1-3H3,(H,18,21,22). The van der Waals surface area contributed by atoms with Crippen molar-refractivity contribution in [3.05, 3.63) is 53.9 Å². The number of hydrogen-bond acceptors (Lipinski definition) is 6. The van der Waals surface area contributed by atoms with Crippen LogP contribution in [0.3, 0.4) is 0 Å². The monoisotopic (exact) mass is 393 g/mol. The van der Waals surface area contributed by atoms with E-state index >= 15 is 0 Å². The van der Waals surface area contributed by atoms with Crippen LogP contribution in [-0.4, -0.2) is 55.8 Å². The first-order chi connectivity index (χ1) is 12.6. The molecule has 0 fully saturated rings. The third-order valence-corrected chi connectivity index (χ3v) is 5.46. The van der Waals surface area contributed by atoms with E-state index in [9.17, 15) is 22.8 Å². The van der Waals surface area contributed by atoms with Crippen LogP contribution >= 0.6 is 0 Å². The van der Waals surface area contributed by atoms with Crippen LogP contribution in [0.1, 0.15) is 20.8 Å². The Kier molecular flexibility index (Phi) is 6.13. The molecule has 1 heterocycles. The number of hydrogen-bond donors (Lipinski definition) is 1. The zero-order valence-electron chi connectivity index (χ0n) is 15.0. The Hall–Kier alpha value is -2.98. The number of benzene rings is 1. The van der Waals surface area contributed by atoms with E-state index in [1.807, 2.05) is 0 Å². The summed E-state index contributed by atoms with van der Waals surface area (Å²) < 4.78 is 31.4. The lowest BCUT2D eigenvalue weighted by molar-refractivity contribution is -0.123. The lowest BCUT2D eigenvalue weighted by Crippen LogP contribution is -2.35. The molecule has 9 nitrogen and oxygen atoms in total. The maximum atomic E-state index is 12.0. The molecule has 2 aromatic rings. The Labute approximate surface area is 156 Å². The summed E-state index contributed by atoms with van der Waals surface area (Å²) >= 11 is 0. The molecule has 2 rings (SSSR count). The topological polar surface area (TPSA) is 115 Å². The quantitative estimate of drug-likeness (QED) is 0.710. The van der Waals surface area contributed by atoms with Gasteiger partial charge in [-0.25, -0.2) is 17.5 Å². The lowest BCUT2D eigenvalue weighted by Gasteiger charge is -2.11. The minimum atomic E-state index is -3.61. The van der Waals surface area contributed by atoms with Crippen LogP contribution in [0.15, 0.2) is 47.5 Å². The molecule has 1 aromatic heterocycles. The molecular weight excluding hydrogens is 374 g/mol. The van der Waals surface area contributed by atoms with Crippen molar-refractivity contribution in [1.82, 2.24) is 14.2 Å². The van der Waals surface area contributed by atoms with Gasteiger partial charge >= 0.3 is 5.97 Å². The Morgan fingerprint density at radius 3 is 2.26 bits per heavy atom. The van der Waals surface area contributed by atoms with Gasteiger partial charge in [-0.2, -0.15) is 0 Å². The molecule has 144 valence electrons. The molecule has 0 aliphatic carbocycles. The SMILES string of the molecule is CN(C)S(=O)(=O)c1ccc(C(=O)OCC(=O)NC(=O)c2cccn2C)cc1. The minimum absolute atomic E-state index is 0.0231. The Morgan fingerprint density at radius 1 is 1.11 bits per heavy atom. The fourth-order valence-corrected chi connectivity index (χ4v) is 3.01. The first kappa shape index (κ1) is 20.3. The Bertz CT molecular complexity index is 961. The number of amides is 2. The molecule has 0 spiro atoms. The number of aromatic nitrogens is 1. The van der Waals surface area contributed by atoms with E-state index in [1.165, 1.54) is 49.0 Å². The van der Waals surface area contributed by atoms with Gasteiger partial charge in [0.05, 0.1) is 10.5 Å². The summed E-state index contributed by atoms with van der Waals surface area (Å²) in [7, 11) is 0.838. The highest BCUT2D eigenvalue weighted by atomic mass is 32.2. The van der Waals surface area contributed by atoms with Gasteiger partial charge in [0, 0.05) is 27.3 Å². The maximum Gasteiger partial charge on any atom is 0.338 e. The van der Waals surface area contributed by atoms with E-state index in [-0.39, 0.29) is 16.2 Å². The number of esters is 1. The molecule has 1 N–H and O–H groups in total. The van der Waals surface area contributed by atoms with Crippen molar-refractivity contribution < 1.29 is 27.5 Å². The van der Waals surface area contributed by atoms with Crippen molar-refractivity contribution in [1.29, 1.82) is 0 Å². The number of rotatable bonds is 6. The normalized spacial score (nSPS) is 11.3. The number of ether oxygens (including phenoxy) is 1. The van der Waals surface area contributed by atoms with Gasteiger partial charge in [0.15, 0.2) is 6.61 Å².